The average Bonchev–Trinajstić information content (AvgIpc) is 2.51. The summed E-state index contributed by atoms with van der Waals surface area (Å²) in [5.74, 6) is 0.379. The Balaban J connectivity index is 1.88. The van der Waals surface area contributed by atoms with Gasteiger partial charge < -0.3 is 5.32 Å². The molecule has 0 bridgehead atoms. The third-order valence-corrected chi connectivity index (χ3v) is 3.37. The standard InChI is InChI=1S/C14H10BrN5O/c15-10-7-18-11-4-2-1-3-9(11)13(10)20-14(21)19-12-8-16-5-6-17-12/h1-8H,(H2,17,18,19,20,21). The summed E-state index contributed by atoms with van der Waals surface area (Å²) in [5, 5.41) is 6.26. The summed E-state index contributed by atoms with van der Waals surface area (Å²) in [4.78, 5) is 24.2. The van der Waals surface area contributed by atoms with Gasteiger partial charge in [0.1, 0.15) is 0 Å². The molecule has 21 heavy (non-hydrogen) atoms. The van der Waals surface area contributed by atoms with Crippen molar-refractivity contribution in [3.8, 4) is 0 Å². The summed E-state index contributed by atoms with van der Waals surface area (Å²) in [6, 6.07) is 7.17. The maximum atomic E-state index is 12.0. The number of nitrogens with zero attached hydrogens (tertiary/aromatic N) is 3. The van der Waals surface area contributed by atoms with Crippen LogP contribution < -0.4 is 10.6 Å². The Morgan fingerprint density at radius 2 is 1.90 bits per heavy atom. The van der Waals surface area contributed by atoms with Crippen molar-refractivity contribution in [3.05, 3.63) is 53.5 Å². The summed E-state index contributed by atoms with van der Waals surface area (Å²) in [6.45, 7) is 0. The molecule has 2 N–H and O–H groups in total. The highest BCUT2D eigenvalue weighted by molar-refractivity contribution is 9.10. The van der Waals surface area contributed by atoms with E-state index in [1.807, 2.05) is 24.3 Å². The number of fused-ring (bicyclic) bond motifs is 1. The van der Waals surface area contributed by atoms with Crippen LogP contribution >= 0.6 is 15.9 Å². The summed E-state index contributed by atoms with van der Waals surface area (Å²) in [5.41, 5.74) is 1.46. The van der Waals surface area contributed by atoms with Gasteiger partial charge in [0, 0.05) is 24.0 Å². The number of anilines is 2. The van der Waals surface area contributed by atoms with E-state index in [9.17, 15) is 4.79 Å². The fourth-order valence-electron chi connectivity index (χ4n) is 1.87. The first-order valence-electron chi connectivity index (χ1n) is 6.11. The molecule has 0 unspecified atom stereocenters. The van der Waals surface area contributed by atoms with Crippen LogP contribution in [-0.4, -0.2) is 21.0 Å². The van der Waals surface area contributed by atoms with Crippen molar-refractivity contribution in [2.45, 2.75) is 0 Å². The van der Waals surface area contributed by atoms with Crippen molar-refractivity contribution >= 4 is 44.4 Å². The minimum atomic E-state index is -0.396. The molecule has 0 radical (unpaired) electrons. The van der Waals surface area contributed by atoms with E-state index in [4.69, 9.17) is 0 Å². The lowest BCUT2D eigenvalue weighted by atomic mass is 10.2. The molecule has 3 rings (SSSR count). The van der Waals surface area contributed by atoms with Crippen molar-refractivity contribution < 1.29 is 4.79 Å². The molecule has 0 spiro atoms. The molecule has 7 heteroatoms. The third-order valence-electron chi connectivity index (χ3n) is 2.77. The molecule has 2 amide bonds. The van der Waals surface area contributed by atoms with E-state index in [-0.39, 0.29) is 0 Å². The second kappa shape index (κ2) is 5.84. The minimum Gasteiger partial charge on any atom is -0.306 e. The molecule has 0 atom stereocenters. The number of halogens is 1. The second-order valence-electron chi connectivity index (χ2n) is 4.17. The van der Waals surface area contributed by atoms with Gasteiger partial charge in [0.15, 0.2) is 5.82 Å². The normalized spacial score (nSPS) is 10.3. The zero-order valence-electron chi connectivity index (χ0n) is 10.7. The highest BCUT2D eigenvalue weighted by atomic mass is 79.9. The number of hydrogen-bond acceptors (Lipinski definition) is 4. The largest absolute Gasteiger partial charge is 0.324 e. The number of para-hydroxylation sites is 1. The van der Waals surface area contributed by atoms with Crippen molar-refractivity contribution in [2.24, 2.45) is 0 Å². The smallest absolute Gasteiger partial charge is 0.306 e. The molecule has 0 aliphatic carbocycles. The number of aromatic nitrogens is 3. The molecule has 0 aliphatic rings. The van der Waals surface area contributed by atoms with Crippen LogP contribution in [0.25, 0.3) is 10.9 Å². The van der Waals surface area contributed by atoms with Crippen LogP contribution in [0.5, 0.6) is 0 Å². The molecule has 3 aromatic rings. The minimum absolute atomic E-state index is 0.379. The Kier molecular flexibility index (Phi) is 3.74. The Morgan fingerprint density at radius 1 is 1.05 bits per heavy atom. The zero-order chi connectivity index (χ0) is 14.7. The van der Waals surface area contributed by atoms with E-state index >= 15 is 0 Å². The highest BCUT2D eigenvalue weighted by Gasteiger charge is 2.10. The first kappa shape index (κ1) is 13.4. The number of pyridine rings is 1. The maximum absolute atomic E-state index is 12.0. The Labute approximate surface area is 128 Å². The number of carbonyl (C=O) groups excluding carboxylic acids is 1. The van der Waals surface area contributed by atoms with Crippen molar-refractivity contribution in [2.75, 3.05) is 10.6 Å². The number of amides is 2. The lowest BCUT2D eigenvalue weighted by Gasteiger charge is -2.11. The van der Waals surface area contributed by atoms with E-state index in [0.29, 0.717) is 16.0 Å². The Hall–Kier alpha value is -2.54. The molecule has 0 aliphatic heterocycles. The lowest BCUT2D eigenvalue weighted by Crippen LogP contribution is -2.20. The van der Waals surface area contributed by atoms with Gasteiger partial charge in [-0.25, -0.2) is 9.78 Å². The van der Waals surface area contributed by atoms with E-state index in [0.717, 1.165) is 10.9 Å². The molecule has 0 saturated carbocycles. The highest BCUT2D eigenvalue weighted by Crippen LogP contribution is 2.29. The number of carbonyl (C=O) groups is 1. The topological polar surface area (TPSA) is 79.8 Å². The van der Waals surface area contributed by atoms with Gasteiger partial charge in [-0.15, -0.1) is 0 Å². The lowest BCUT2D eigenvalue weighted by molar-refractivity contribution is 0.262. The fraction of sp³-hybridized carbons (Fsp3) is 0. The molecule has 2 aromatic heterocycles. The fourth-order valence-corrected chi connectivity index (χ4v) is 2.28. The van der Waals surface area contributed by atoms with Crippen molar-refractivity contribution in [1.82, 2.24) is 15.0 Å². The Morgan fingerprint density at radius 3 is 2.71 bits per heavy atom. The van der Waals surface area contributed by atoms with Gasteiger partial charge in [0.05, 0.1) is 21.9 Å². The van der Waals surface area contributed by atoms with Crippen LogP contribution in [0.4, 0.5) is 16.3 Å². The van der Waals surface area contributed by atoms with Crippen molar-refractivity contribution in [1.29, 1.82) is 0 Å². The summed E-state index contributed by atoms with van der Waals surface area (Å²) in [6.07, 6.45) is 6.17. The van der Waals surface area contributed by atoms with Crippen LogP contribution in [0.2, 0.25) is 0 Å². The molecule has 0 fully saturated rings. The monoisotopic (exact) mass is 343 g/mol. The van der Waals surface area contributed by atoms with Gasteiger partial charge in [-0.2, -0.15) is 0 Å². The molecular weight excluding hydrogens is 334 g/mol. The van der Waals surface area contributed by atoms with Gasteiger partial charge in [-0.3, -0.25) is 15.3 Å². The van der Waals surface area contributed by atoms with Crippen LogP contribution in [0, 0.1) is 0 Å². The third kappa shape index (κ3) is 2.97. The molecule has 1 aromatic carbocycles. The van der Waals surface area contributed by atoms with Gasteiger partial charge >= 0.3 is 6.03 Å². The number of hydrogen-bond donors (Lipinski definition) is 2. The number of rotatable bonds is 2. The number of nitrogens with one attached hydrogen (secondary N) is 2. The van der Waals surface area contributed by atoms with Gasteiger partial charge in [-0.05, 0) is 22.0 Å². The van der Waals surface area contributed by atoms with E-state index < -0.39 is 6.03 Å². The first-order chi connectivity index (χ1) is 10.2. The predicted octanol–water partition coefficient (Wildman–Crippen LogP) is 3.43. The molecular formula is C14H10BrN5O. The summed E-state index contributed by atoms with van der Waals surface area (Å²) >= 11 is 3.40. The number of benzene rings is 1. The Bertz CT molecular complexity index is 794. The predicted molar refractivity (Wildman–Crippen MR) is 84.1 cm³/mol. The maximum Gasteiger partial charge on any atom is 0.324 e. The molecule has 104 valence electrons. The van der Waals surface area contributed by atoms with Crippen LogP contribution in [0.15, 0.2) is 53.5 Å². The van der Waals surface area contributed by atoms with Gasteiger partial charge in [0.2, 0.25) is 0 Å². The average molecular weight is 344 g/mol. The molecule has 0 saturated heterocycles. The molecule has 2 heterocycles. The quantitative estimate of drug-likeness (QED) is 0.746. The van der Waals surface area contributed by atoms with Crippen LogP contribution in [0.1, 0.15) is 0 Å². The summed E-state index contributed by atoms with van der Waals surface area (Å²) in [7, 11) is 0. The SMILES string of the molecule is O=C(Nc1cnccn1)Nc1c(Br)cnc2ccccc12. The van der Waals surface area contributed by atoms with E-state index in [1.165, 1.54) is 18.6 Å². The van der Waals surface area contributed by atoms with E-state index in [2.05, 4.69) is 41.5 Å². The molecule has 6 nitrogen and oxygen atoms in total. The van der Waals surface area contributed by atoms with Gasteiger partial charge in [0.25, 0.3) is 0 Å². The zero-order valence-corrected chi connectivity index (χ0v) is 12.3. The number of urea groups is 1. The first-order valence-corrected chi connectivity index (χ1v) is 6.90. The van der Waals surface area contributed by atoms with Crippen molar-refractivity contribution in [3.63, 3.8) is 0 Å². The van der Waals surface area contributed by atoms with E-state index in [1.54, 1.807) is 6.20 Å². The van der Waals surface area contributed by atoms with Gasteiger partial charge in [-0.1, -0.05) is 18.2 Å². The second-order valence-corrected chi connectivity index (χ2v) is 5.02. The van der Waals surface area contributed by atoms with Crippen LogP contribution in [-0.2, 0) is 0 Å². The van der Waals surface area contributed by atoms with Crippen LogP contribution in [0.3, 0.4) is 0 Å². The summed E-state index contributed by atoms with van der Waals surface area (Å²) < 4.78 is 0.704.